The van der Waals surface area contributed by atoms with Gasteiger partial charge < -0.3 is 78.2 Å². The number of aromatic carboxylic acids is 1. The number of carbonyl (C=O) groups excluding carboxylic acids is 3. The number of rotatable bonds is 39. The Morgan fingerprint density at radius 2 is 1.55 bits per heavy atom. The van der Waals surface area contributed by atoms with Crippen LogP contribution in [0.3, 0.4) is 0 Å². The summed E-state index contributed by atoms with van der Waals surface area (Å²) < 4.78 is 93.4. The Kier molecular flexibility index (Phi) is 32.0. The van der Waals surface area contributed by atoms with Crippen molar-refractivity contribution in [2.75, 3.05) is 102 Å². The summed E-state index contributed by atoms with van der Waals surface area (Å²) in [5.41, 5.74) is 3.04. The third-order valence-electron chi connectivity index (χ3n) is 13.6. The van der Waals surface area contributed by atoms with Crippen LogP contribution in [0.25, 0.3) is 33.4 Å². The van der Waals surface area contributed by atoms with Gasteiger partial charge in [0.1, 0.15) is 41.1 Å². The first kappa shape index (κ1) is 80.2. The zero-order valence-corrected chi connectivity index (χ0v) is 59.8. The number of carbonyl (C=O) groups is 4. The number of fused-ring (bicyclic) bond motifs is 2. The summed E-state index contributed by atoms with van der Waals surface area (Å²) >= 11 is 0. The fourth-order valence-corrected chi connectivity index (χ4v) is 15.3. The topological polar surface area (TPSA) is 441 Å². The van der Waals surface area contributed by atoms with Crippen LogP contribution >= 0.6 is 66.6 Å². The number of aryl methyl sites for hydroxylation is 2. The van der Waals surface area contributed by atoms with E-state index in [1.807, 2.05) is 65.8 Å². The second-order valence-corrected chi connectivity index (χ2v) is 31.3. The number of benzene rings is 3. The van der Waals surface area contributed by atoms with Crippen LogP contribution in [0.1, 0.15) is 97.0 Å². The molecule has 0 bridgehead atoms. The van der Waals surface area contributed by atoms with Crippen LogP contribution in [0.2, 0.25) is 0 Å². The highest BCUT2D eigenvalue weighted by Gasteiger charge is 2.44. The lowest BCUT2D eigenvalue weighted by atomic mass is 9.88. The number of carboxylic acid groups (broad SMARTS) is 1. The minimum atomic E-state index is -5.80. The van der Waals surface area contributed by atoms with Crippen molar-refractivity contribution in [3.8, 4) is 34.4 Å². The molecule has 3 aliphatic rings. The maximum atomic E-state index is 13.5. The number of hydrogen-bond donors (Lipinski definition) is 10. The summed E-state index contributed by atoms with van der Waals surface area (Å²) in [5.74, 6) is 1.80. The molecule has 10 N–H and O–H groups in total. The first-order chi connectivity index (χ1) is 46.0. The molecule has 32 nitrogen and oxygen atoms in total. The summed E-state index contributed by atoms with van der Waals surface area (Å²) in [6, 6.07) is 14.5. The molecule has 39 heteroatoms. The Morgan fingerprint density at radius 1 is 0.825 bits per heavy atom. The van der Waals surface area contributed by atoms with Gasteiger partial charge in [0.25, 0.3) is 11.5 Å². The number of carboxylic acids is 1. The van der Waals surface area contributed by atoms with Crippen LogP contribution in [0.5, 0.6) is 0 Å². The number of anilines is 1. The molecule has 534 valence electrons. The van der Waals surface area contributed by atoms with E-state index in [2.05, 4.69) is 51.8 Å². The summed E-state index contributed by atoms with van der Waals surface area (Å²) in [4.78, 5) is 120. The number of H-pyrrole nitrogens is 1. The second kappa shape index (κ2) is 38.7. The van der Waals surface area contributed by atoms with Gasteiger partial charge in [0.15, 0.2) is 0 Å². The van der Waals surface area contributed by atoms with Crippen LogP contribution < -0.4 is 37.9 Å². The average molecular weight is 1490 g/mol. The average Bonchev–Trinajstić information content (AvgIpc) is 1.25. The number of hydrogen-bond acceptors (Lipinski definition) is 26. The van der Waals surface area contributed by atoms with E-state index in [0.717, 1.165) is 32.9 Å². The molecule has 6 rings (SSSR count). The van der Waals surface area contributed by atoms with E-state index in [4.69, 9.17) is 51.9 Å². The number of nitrogens with zero attached hydrogens (tertiary/aromatic N) is 2. The molecule has 3 amide bonds. The number of aromatic nitrogens is 2. The third kappa shape index (κ3) is 26.4. The maximum absolute atomic E-state index is 13.5. The molecule has 0 saturated carbocycles. The molecule has 1 fully saturated rings. The lowest BCUT2D eigenvalue weighted by molar-refractivity contribution is -0.0543. The van der Waals surface area contributed by atoms with Crippen molar-refractivity contribution in [1.29, 1.82) is 0 Å². The summed E-state index contributed by atoms with van der Waals surface area (Å²) in [5, 5.41) is 22.9. The van der Waals surface area contributed by atoms with Gasteiger partial charge >= 0.3 is 47.3 Å². The number of phosphoric ester groups is 1. The lowest BCUT2D eigenvalue weighted by Crippen LogP contribution is -2.34. The zero-order valence-electron chi connectivity index (χ0n) is 53.8. The normalized spacial score (nSPS) is 16.3. The molecule has 2 aliphatic heterocycles. The largest absolute Gasteiger partial charge is 0.490 e. The van der Waals surface area contributed by atoms with Gasteiger partial charge in [-0.05, 0) is 120 Å². The molecule has 0 spiro atoms. The summed E-state index contributed by atoms with van der Waals surface area (Å²) in [6.07, 6.45) is -0.673. The van der Waals surface area contributed by atoms with Crippen LogP contribution in [0.15, 0.2) is 67.7 Å². The molecule has 3 heterocycles. The molecule has 1 aliphatic carbocycles. The van der Waals surface area contributed by atoms with Crippen molar-refractivity contribution < 1.29 is 108 Å². The Labute approximate surface area is 573 Å². The molecule has 0 radical (unpaired) electrons. The monoisotopic (exact) mass is 1490 g/mol. The fourth-order valence-electron chi connectivity index (χ4n) is 9.20. The van der Waals surface area contributed by atoms with E-state index in [0.29, 0.717) is 78.3 Å². The van der Waals surface area contributed by atoms with Crippen molar-refractivity contribution in [2.24, 2.45) is 4.99 Å². The SMILES string of the molecule is CC/N=c1/cc2oc3cc(NCC)c(C)cc3c(-c3cc(C(=O)NCCOCCOCCNC(=O)OCCC(C)(C)SSCOCCCCOC(=O)NC#Cc4cn([C@H]5CC(OCSSC)[C@@H](COP(=O)(O)OP(=O)(O)OP(=O)(O)O)O5)c(=O)[nH]c4=O)ccc3C(=O)O)c-2cc1C. The van der Waals surface area contributed by atoms with Crippen molar-refractivity contribution in [1.82, 2.24) is 25.5 Å². The van der Waals surface area contributed by atoms with Crippen LogP contribution in [0, 0.1) is 25.8 Å². The first-order valence-corrected chi connectivity index (χ1v) is 39.5. The quantitative estimate of drug-likeness (QED) is 0.00336. The van der Waals surface area contributed by atoms with Crippen LogP contribution in [0.4, 0.5) is 15.3 Å². The number of unbranched alkanes of at least 4 members (excludes halogenated alkanes) is 1. The van der Waals surface area contributed by atoms with Crippen molar-refractivity contribution in [2.45, 2.75) is 90.4 Å². The molecule has 97 heavy (non-hydrogen) atoms. The summed E-state index contributed by atoms with van der Waals surface area (Å²) in [7, 11) is -11.3. The number of nitrogens with one attached hydrogen (secondary N) is 5. The highest BCUT2D eigenvalue weighted by molar-refractivity contribution is 8.77. The van der Waals surface area contributed by atoms with E-state index < -0.39 is 83.8 Å². The van der Waals surface area contributed by atoms with Gasteiger partial charge in [0.2, 0.25) is 0 Å². The molecule has 1 aromatic heterocycles. The minimum Gasteiger partial charge on any atom is -0.478 e. The predicted octanol–water partition coefficient (Wildman–Crippen LogP) is 8.24. The Balaban J connectivity index is 0.807. The Bertz CT molecular complexity index is 3920. The van der Waals surface area contributed by atoms with Gasteiger partial charge in [-0.3, -0.25) is 28.7 Å². The Hall–Kier alpha value is -5.74. The second-order valence-electron chi connectivity index (χ2n) is 21.4. The first-order valence-electron chi connectivity index (χ1n) is 29.9. The van der Waals surface area contributed by atoms with Crippen LogP contribution in [-0.2, 0) is 60.0 Å². The van der Waals surface area contributed by atoms with Gasteiger partial charge in [-0.1, -0.05) is 43.2 Å². The highest BCUT2D eigenvalue weighted by atomic mass is 33.1. The molecule has 5 atom stereocenters. The molecule has 2 aromatic carbocycles. The number of phosphoric acid groups is 3. The number of aromatic amines is 1. The molecule has 1 saturated heterocycles. The maximum Gasteiger partial charge on any atom is 0.490 e. The zero-order chi connectivity index (χ0) is 70.9. The number of ether oxygens (including phenoxy) is 7. The van der Waals surface area contributed by atoms with Gasteiger partial charge in [0, 0.05) is 96.1 Å². The fraction of sp³-hybridized carbons (Fsp3) is 0.500. The van der Waals surface area contributed by atoms with E-state index in [1.165, 1.54) is 44.5 Å². The summed E-state index contributed by atoms with van der Waals surface area (Å²) in [6.45, 7) is 14.0. The van der Waals surface area contributed by atoms with Crippen molar-refractivity contribution in [3.63, 3.8) is 0 Å². The minimum absolute atomic E-state index is 0.0142. The highest BCUT2D eigenvalue weighted by Crippen LogP contribution is 2.66. The molecule has 3 unspecified atom stereocenters. The molecule has 3 aromatic rings. The molecular weight excluding hydrogens is 1420 g/mol. The van der Waals surface area contributed by atoms with E-state index in [1.54, 1.807) is 23.1 Å². The molecular formula is C58H78N7O25P3S4. The third-order valence-corrected chi connectivity index (χ3v) is 21.9. The van der Waals surface area contributed by atoms with Crippen molar-refractivity contribution >= 4 is 107 Å². The van der Waals surface area contributed by atoms with Gasteiger partial charge in [-0.2, -0.15) is 8.62 Å². The smallest absolute Gasteiger partial charge is 0.478 e. The van der Waals surface area contributed by atoms with Crippen LogP contribution in [-0.4, -0.2) is 172 Å². The van der Waals surface area contributed by atoms with Gasteiger partial charge in [-0.15, -0.1) is 0 Å². The van der Waals surface area contributed by atoms with E-state index in [9.17, 15) is 57.4 Å². The van der Waals surface area contributed by atoms with E-state index in [-0.39, 0.29) is 86.5 Å². The lowest BCUT2D eigenvalue weighted by Gasteiger charge is -2.22. The van der Waals surface area contributed by atoms with Gasteiger partial charge in [0.05, 0.1) is 63.3 Å². The number of alkyl carbamates (subject to hydrolysis) is 2. The van der Waals surface area contributed by atoms with Gasteiger partial charge in [-0.25, -0.2) is 38.2 Å². The Morgan fingerprint density at radius 3 is 2.25 bits per heavy atom. The number of amides is 3. The predicted molar refractivity (Wildman–Crippen MR) is 364 cm³/mol. The van der Waals surface area contributed by atoms with E-state index >= 15 is 0 Å². The van der Waals surface area contributed by atoms with Crippen molar-refractivity contribution in [3.05, 3.63) is 103 Å². The standard InChI is InChI=1S/C58H78N7O25P3S4/c1-8-59-44-29-46-42(26-36(44)3)51(43-27-37(4)45(60-9-2)30-47(43)87-46)41-28-38(12-13-40(41)54(68)69)52(66)61-17-22-80-24-25-81-23-18-63-57(72)84-21-15-58(5,6)97-96-34-82-19-10-11-20-83-56(71)62-16-14-39-32-65(55(70)64-53(39)67)50-31-48(85-35-95-94-7)49(88-50)33-86-92(76,77)90-93(78,79)89-91(73,74)75/h12-13,26-30,32,48-50,59H,8-11,15,17-25,31,33-35H2,1-7H3,(H,61,66)(H,62,71)(H,63,72)(H,68,69)(H,76,77)(H,78,79)(H,64,67,70)(H2,73,74,75)/b60-45-/t48?,49-,50-/m1/s1.